The summed E-state index contributed by atoms with van der Waals surface area (Å²) in [6, 6.07) is 14.4. The third-order valence-electron chi connectivity index (χ3n) is 3.13. The summed E-state index contributed by atoms with van der Waals surface area (Å²) >= 11 is 0. The number of benzene rings is 2. The van der Waals surface area contributed by atoms with E-state index in [1.165, 1.54) is 16.7 Å². The van der Waals surface area contributed by atoms with Crippen molar-refractivity contribution in [3.8, 4) is 5.75 Å². The molecule has 0 aliphatic carbocycles. The fourth-order valence-electron chi connectivity index (χ4n) is 2.05. The highest BCUT2D eigenvalue weighted by atomic mass is 16.5. The molecular weight excluding hydrogens is 222 g/mol. The molecule has 0 aliphatic rings. The zero-order chi connectivity index (χ0) is 13.0. The van der Waals surface area contributed by atoms with Gasteiger partial charge in [-0.05, 0) is 41.3 Å². The van der Waals surface area contributed by atoms with Crippen LogP contribution in [0, 0.1) is 0 Å². The zero-order valence-corrected chi connectivity index (χ0v) is 10.9. The van der Waals surface area contributed by atoms with E-state index in [-0.39, 0.29) is 0 Å². The standard InChI is InChI=1S/C16H19NO/c1-3-12-6-9-16(18-2)14(10-12)11-13-4-7-15(17)8-5-13/h4-10H,3,11,17H2,1-2H3. The quantitative estimate of drug-likeness (QED) is 0.832. The molecule has 0 aliphatic heterocycles. The predicted octanol–water partition coefficient (Wildman–Crippen LogP) is 3.43. The van der Waals surface area contributed by atoms with Gasteiger partial charge in [0.15, 0.2) is 0 Å². The smallest absolute Gasteiger partial charge is 0.122 e. The molecule has 0 radical (unpaired) electrons. The van der Waals surface area contributed by atoms with Crippen LogP contribution in [0.1, 0.15) is 23.6 Å². The van der Waals surface area contributed by atoms with Crippen molar-refractivity contribution < 1.29 is 4.74 Å². The van der Waals surface area contributed by atoms with Crippen LogP contribution in [0.15, 0.2) is 42.5 Å². The lowest BCUT2D eigenvalue weighted by Gasteiger charge is -2.10. The Morgan fingerprint density at radius 3 is 2.28 bits per heavy atom. The second-order valence-corrected chi connectivity index (χ2v) is 4.42. The van der Waals surface area contributed by atoms with Crippen LogP contribution >= 0.6 is 0 Å². The number of rotatable bonds is 4. The van der Waals surface area contributed by atoms with Crippen LogP contribution in [-0.2, 0) is 12.8 Å². The van der Waals surface area contributed by atoms with Gasteiger partial charge >= 0.3 is 0 Å². The predicted molar refractivity (Wildman–Crippen MR) is 76.0 cm³/mol. The van der Waals surface area contributed by atoms with Crippen LogP contribution in [0.2, 0.25) is 0 Å². The van der Waals surface area contributed by atoms with E-state index in [0.717, 1.165) is 24.3 Å². The molecule has 94 valence electrons. The maximum Gasteiger partial charge on any atom is 0.122 e. The highest BCUT2D eigenvalue weighted by Crippen LogP contribution is 2.23. The number of hydrogen-bond donors (Lipinski definition) is 1. The average Bonchev–Trinajstić information content (AvgIpc) is 2.41. The fraction of sp³-hybridized carbons (Fsp3) is 0.250. The molecule has 0 fully saturated rings. The lowest BCUT2D eigenvalue weighted by atomic mass is 10.0. The van der Waals surface area contributed by atoms with Crippen molar-refractivity contribution in [3.63, 3.8) is 0 Å². The Kier molecular flexibility index (Phi) is 3.88. The molecule has 2 N–H and O–H groups in total. The van der Waals surface area contributed by atoms with Crippen molar-refractivity contribution in [1.29, 1.82) is 0 Å². The largest absolute Gasteiger partial charge is 0.496 e. The molecule has 2 nitrogen and oxygen atoms in total. The van der Waals surface area contributed by atoms with E-state index in [4.69, 9.17) is 10.5 Å². The van der Waals surface area contributed by atoms with Gasteiger partial charge in [0.2, 0.25) is 0 Å². The zero-order valence-electron chi connectivity index (χ0n) is 10.9. The highest BCUT2D eigenvalue weighted by molar-refractivity contribution is 5.44. The van der Waals surface area contributed by atoms with Gasteiger partial charge < -0.3 is 10.5 Å². The van der Waals surface area contributed by atoms with Crippen molar-refractivity contribution in [1.82, 2.24) is 0 Å². The Bertz CT molecular complexity index is 517. The molecule has 0 unspecified atom stereocenters. The molecule has 2 rings (SSSR count). The van der Waals surface area contributed by atoms with Crippen LogP contribution in [0.5, 0.6) is 5.75 Å². The van der Waals surface area contributed by atoms with Gasteiger partial charge in [-0.2, -0.15) is 0 Å². The van der Waals surface area contributed by atoms with Crippen molar-refractivity contribution >= 4 is 5.69 Å². The summed E-state index contributed by atoms with van der Waals surface area (Å²) in [5, 5.41) is 0. The van der Waals surface area contributed by atoms with Gasteiger partial charge in [0.25, 0.3) is 0 Å². The minimum absolute atomic E-state index is 0.799. The Labute approximate surface area is 108 Å². The first-order chi connectivity index (χ1) is 8.72. The van der Waals surface area contributed by atoms with E-state index >= 15 is 0 Å². The lowest BCUT2D eigenvalue weighted by molar-refractivity contribution is 0.410. The van der Waals surface area contributed by atoms with Crippen molar-refractivity contribution in [2.75, 3.05) is 12.8 Å². The van der Waals surface area contributed by atoms with Crippen molar-refractivity contribution in [2.45, 2.75) is 19.8 Å². The van der Waals surface area contributed by atoms with E-state index in [9.17, 15) is 0 Å². The average molecular weight is 241 g/mol. The highest BCUT2D eigenvalue weighted by Gasteiger charge is 2.05. The molecule has 0 bridgehead atoms. The van der Waals surface area contributed by atoms with Gasteiger partial charge in [-0.3, -0.25) is 0 Å². The maximum absolute atomic E-state index is 5.70. The van der Waals surface area contributed by atoms with Crippen LogP contribution in [-0.4, -0.2) is 7.11 Å². The molecular formula is C16H19NO. The van der Waals surface area contributed by atoms with Crippen molar-refractivity contribution in [3.05, 3.63) is 59.2 Å². The fourth-order valence-corrected chi connectivity index (χ4v) is 2.05. The summed E-state index contributed by atoms with van der Waals surface area (Å²) in [4.78, 5) is 0. The topological polar surface area (TPSA) is 35.2 Å². The first-order valence-corrected chi connectivity index (χ1v) is 6.23. The Morgan fingerprint density at radius 2 is 1.67 bits per heavy atom. The molecule has 2 aromatic rings. The molecule has 0 aromatic heterocycles. The summed E-state index contributed by atoms with van der Waals surface area (Å²) < 4.78 is 5.42. The summed E-state index contributed by atoms with van der Waals surface area (Å²) in [5.74, 6) is 0.948. The Balaban J connectivity index is 2.29. The van der Waals surface area contributed by atoms with Crippen LogP contribution in [0.4, 0.5) is 5.69 Å². The third kappa shape index (κ3) is 2.83. The van der Waals surface area contributed by atoms with Gasteiger partial charge in [-0.1, -0.05) is 31.2 Å². The van der Waals surface area contributed by atoms with Crippen LogP contribution in [0.25, 0.3) is 0 Å². The minimum Gasteiger partial charge on any atom is -0.496 e. The van der Waals surface area contributed by atoms with E-state index in [2.05, 4.69) is 31.2 Å². The van der Waals surface area contributed by atoms with Crippen LogP contribution in [0.3, 0.4) is 0 Å². The molecule has 0 amide bonds. The number of nitrogens with two attached hydrogens (primary N) is 1. The number of aryl methyl sites for hydroxylation is 1. The number of nitrogen functional groups attached to an aromatic ring is 1. The second kappa shape index (κ2) is 5.58. The molecule has 0 saturated carbocycles. The normalized spacial score (nSPS) is 10.3. The first kappa shape index (κ1) is 12.5. The maximum atomic E-state index is 5.70. The molecule has 0 heterocycles. The third-order valence-corrected chi connectivity index (χ3v) is 3.13. The van der Waals surface area contributed by atoms with E-state index in [1.807, 2.05) is 18.2 Å². The number of hydrogen-bond acceptors (Lipinski definition) is 2. The van der Waals surface area contributed by atoms with Gasteiger partial charge in [0.05, 0.1) is 7.11 Å². The SMILES string of the molecule is CCc1ccc(OC)c(Cc2ccc(N)cc2)c1. The molecule has 2 aromatic carbocycles. The summed E-state index contributed by atoms with van der Waals surface area (Å²) in [6.07, 6.45) is 1.91. The molecule has 0 atom stereocenters. The number of ether oxygens (including phenoxy) is 1. The molecule has 18 heavy (non-hydrogen) atoms. The van der Waals surface area contributed by atoms with Crippen LogP contribution < -0.4 is 10.5 Å². The first-order valence-electron chi connectivity index (χ1n) is 6.23. The van der Waals surface area contributed by atoms with Gasteiger partial charge in [0.1, 0.15) is 5.75 Å². The number of methoxy groups -OCH3 is 1. The van der Waals surface area contributed by atoms with Crippen molar-refractivity contribution in [2.24, 2.45) is 0 Å². The monoisotopic (exact) mass is 241 g/mol. The minimum atomic E-state index is 0.799. The molecule has 0 saturated heterocycles. The van der Waals surface area contributed by atoms with Gasteiger partial charge in [-0.25, -0.2) is 0 Å². The molecule has 2 heteroatoms. The van der Waals surface area contributed by atoms with E-state index in [1.54, 1.807) is 7.11 Å². The summed E-state index contributed by atoms with van der Waals surface area (Å²) in [7, 11) is 1.72. The van der Waals surface area contributed by atoms with Gasteiger partial charge in [-0.15, -0.1) is 0 Å². The van der Waals surface area contributed by atoms with Gasteiger partial charge in [0, 0.05) is 12.1 Å². The van der Waals surface area contributed by atoms with E-state index < -0.39 is 0 Å². The Morgan fingerprint density at radius 1 is 1.00 bits per heavy atom. The lowest BCUT2D eigenvalue weighted by Crippen LogP contribution is -1.96. The summed E-state index contributed by atoms with van der Waals surface area (Å²) in [5.41, 5.74) is 10.3. The van der Waals surface area contributed by atoms with E-state index in [0.29, 0.717) is 0 Å². The molecule has 0 spiro atoms. The summed E-state index contributed by atoms with van der Waals surface area (Å²) in [6.45, 7) is 2.16. The second-order valence-electron chi connectivity index (χ2n) is 4.42. The number of anilines is 1. The Hall–Kier alpha value is -1.96.